The highest BCUT2D eigenvalue weighted by Crippen LogP contribution is 2.27. The quantitative estimate of drug-likeness (QED) is 0.671. The fourth-order valence-electron chi connectivity index (χ4n) is 3.20. The van der Waals surface area contributed by atoms with Crippen molar-refractivity contribution in [1.82, 2.24) is 14.5 Å². The number of ether oxygens (including phenoxy) is 1. The molecule has 3 aromatic rings. The van der Waals surface area contributed by atoms with E-state index in [1.54, 1.807) is 43.3 Å². The Morgan fingerprint density at radius 2 is 1.73 bits per heavy atom. The monoisotopic (exact) mass is 428 g/mol. The predicted molar refractivity (Wildman–Crippen MR) is 111 cm³/mol. The summed E-state index contributed by atoms with van der Waals surface area (Å²) in [5.41, 5.74) is 2.58. The first-order valence-electron chi connectivity index (χ1n) is 9.49. The highest BCUT2D eigenvalue weighted by molar-refractivity contribution is 7.89. The predicted octanol–water partition coefficient (Wildman–Crippen LogP) is 3.36. The summed E-state index contributed by atoms with van der Waals surface area (Å²) in [5.74, 6) is 0.183. The Labute approximate surface area is 174 Å². The van der Waals surface area contributed by atoms with Gasteiger partial charge in [-0.05, 0) is 55.0 Å². The van der Waals surface area contributed by atoms with Gasteiger partial charge in [-0.15, -0.1) is 10.2 Å². The van der Waals surface area contributed by atoms with E-state index < -0.39 is 10.0 Å². The van der Waals surface area contributed by atoms with E-state index in [9.17, 15) is 12.8 Å². The van der Waals surface area contributed by atoms with Gasteiger partial charge in [0.25, 0.3) is 0 Å². The van der Waals surface area contributed by atoms with Crippen molar-refractivity contribution in [2.24, 2.45) is 0 Å². The molecule has 1 aromatic heterocycles. The molecule has 0 atom stereocenters. The number of sulfonamides is 1. The molecule has 1 fully saturated rings. The second kappa shape index (κ2) is 8.47. The Morgan fingerprint density at radius 1 is 1.00 bits per heavy atom. The third kappa shape index (κ3) is 4.33. The lowest BCUT2D eigenvalue weighted by molar-refractivity contribution is 0.0730. The molecule has 1 saturated heterocycles. The van der Waals surface area contributed by atoms with Gasteiger partial charge >= 0.3 is 0 Å². The Balaban J connectivity index is 1.58. The molecule has 2 aromatic carbocycles. The van der Waals surface area contributed by atoms with Crippen molar-refractivity contribution in [3.05, 3.63) is 66.0 Å². The van der Waals surface area contributed by atoms with Crippen molar-refractivity contribution < 1.29 is 17.5 Å². The summed E-state index contributed by atoms with van der Waals surface area (Å²) in [6.45, 7) is 3.25. The largest absolute Gasteiger partial charge is 0.379 e. The molecular formula is C21H21FN4O3S. The normalized spacial score (nSPS) is 15.1. The van der Waals surface area contributed by atoms with Gasteiger partial charge in [-0.3, -0.25) is 0 Å². The van der Waals surface area contributed by atoms with Gasteiger partial charge in [-0.25, -0.2) is 12.8 Å². The van der Waals surface area contributed by atoms with Gasteiger partial charge in [0, 0.05) is 24.3 Å². The summed E-state index contributed by atoms with van der Waals surface area (Å²) in [6.07, 6.45) is 0. The summed E-state index contributed by atoms with van der Waals surface area (Å²) in [4.78, 5) is 0.261. The molecule has 7 nitrogen and oxygen atoms in total. The maximum absolute atomic E-state index is 13.1. The topological polar surface area (TPSA) is 84.4 Å². The first kappa shape index (κ1) is 20.4. The van der Waals surface area contributed by atoms with Crippen LogP contribution in [0.15, 0.2) is 59.5 Å². The van der Waals surface area contributed by atoms with Crippen LogP contribution >= 0.6 is 0 Å². The molecule has 1 aliphatic heterocycles. The van der Waals surface area contributed by atoms with Crippen LogP contribution in [0.4, 0.5) is 15.9 Å². The lowest BCUT2D eigenvalue weighted by Crippen LogP contribution is -2.40. The molecule has 30 heavy (non-hydrogen) atoms. The number of benzene rings is 2. The molecule has 0 saturated carbocycles. The van der Waals surface area contributed by atoms with Crippen LogP contribution in [0.3, 0.4) is 0 Å². The Kier molecular flexibility index (Phi) is 5.76. The molecule has 156 valence electrons. The fourth-order valence-corrected chi connectivity index (χ4v) is 4.86. The molecule has 2 heterocycles. The number of aromatic nitrogens is 2. The highest BCUT2D eigenvalue weighted by Gasteiger charge is 2.28. The maximum atomic E-state index is 13.1. The summed E-state index contributed by atoms with van der Waals surface area (Å²) in [5, 5.41) is 11.4. The van der Waals surface area contributed by atoms with Crippen molar-refractivity contribution in [2.75, 3.05) is 31.6 Å². The number of nitrogens with zero attached hydrogens (tertiary/aromatic N) is 3. The molecule has 9 heteroatoms. The molecule has 0 radical (unpaired) electrons. The number of nitrogens with one attached hydrogen (secondary N) is 1. The van der Waals surface area contributed by atoms with Crippen molar-refractivity contribution in [2.45, 2.75) is 11.8 Å². The van der Waals surface area contributed by atoms with E-state index >= 15 is 0 Å². The highest BCUT2D eigenvalue weighted by atomic mass is 32.2. The van der Waals surface area contributed by atoms with Crippen LogP contribution in [0.25, 0.3) is 11.3 Å². The second-order valence-electron chi connectivity index (χ2n) is 6.93. The Hall–Kier alpha value is -2.88. The van der Waals surface area contributed by atoms with Gasteiger partial charge in [0.05, 0.1) is 23.8 Å². The zero-order valence-electron chi connectivity index (χ0n) is 16.4. The second-order valence-corrected chi connectivity index (χ2v) is 8.84. The smallest absolute Gasteiger partial charge is 0.243 e. The third-order valence-electron chi connectivity index (χ3n) is 4.85. The van der Waals surface area contributed by atoms with Gasteiger partial charge in [0.1, 0.15) is 5.82 Å². The van der Waals surface area contributed by atoms with Crippen molar-refractivity contribution in [1.29, 1.82) is 0 Å². The first-order chi connectivity index (χ1) is 14.4. The summed E-state index contributed by atoms with van der Waals surface area (Å²) >= 11 is 0. The number of aryl methyl sites for hydroxylation is 1. The van der Waals surface area contributed by atoms with E-state index in [-0.39, 0.29) is 10.7 Å². The van der Waals surface area contributed by atoms with Crippen LogP contribution in [0.1, 0.15) is 5.56 Å². The van der Waals surface area contributed by atoms with Crippen LogP contribution in [0.2, 0.25) is 0 Å². The van der Waals surface area contributed by atoms with Gasteiger partial charge in [-0.1, -0.05) is 12.1 Å². The van der Waals surface area contributed by atoms with Gasteiger partial charge in [0.2, 0.25) is 10.0 Å². The number of hydrogen-bond acceptors (Lipinski definition) is 6. The molecule has 0 amide bonds. The van der Waals surface area contributed by atoms with Crippen LogP contribution in [0, 0.1) is 12.7 Å². The fraction of sp³-hybridized carbons (Fsp3) is 0.238. The lowest BCUT2D eigenvalue weighted by atomic mass is 10.1. The van der Waals surface area contributed by atoms with Crippen molar-refractivity contribution in [3.8, 4) is 11.3 Å². The summed E-state index contributed by atoms with van der Waals surface area (Å²) in [6, 6.07) is 14.6. The average molecular weight is 428 g/mol. The molecule has 1 N–H and O–H groups in total. The minimum absolute atomic E-state index is 0.261. The minimum Gasteiger partial charge on any atom is -0.379 e. The van der Waals surface area contributed by atoms with Crippen LogP contribution in [-0.4, -0.2) is 49.2 Å². The zero-order valence-corrected chi connectivity index (χ0v) is 17.2. The molecule has 1 aliphatic rings. The zero-order chi connectivity index (χ0) is 21.1. The Bertz CT molecular complexity index is 1130. The molecular weight excluding hydrogens is 407 g/mol. The number of rotatable bonds is 5. The minimum atomic E-state index is -3.61. The molecule has 0 unspecified atom stereocenters. The van der Waals surface area contributed by atoms with Crippen LogP contribution < -0.4 is 5.32 Å². The van der Waals surface area contributed by atoms with E-state index in [0.29, 0.717) is 54.6 Å². The number of halogens is 1. The number of anilines is 2. The number of hydrogen-bond donors (Lipinski definition) is 1. The standard InChI is InChI=1S/C21H21FN4O3S/c1-15-2-3-16(14-20(15)30(27,28)26-10-12-29-13-11-26)19-8-9-21(25-24-19)23-18-6-4-17(22)5-7-18/h2-9,14H,10-13H2,1H3,(H,23,25). The van der Waals surface area contributed by atoms with E-state index in [1.165, 1.54) is 16.4 Å². The molecule has 0 spiro atoms. The van der Waals surface area contributed by atoms with E-state index in [0.717, 1.165) is 0 Å². The maximum Gasteiger partial charge on any atom is 0.243 e. The first-order valence-corrected chi connectivity index (χ1v) is 10.9. The SMILES string of the molecule is Cc1ccc(-c2ccc(Nc3ccc(F)cc3)nn2)cc1S(=O)(=O)N1CCOCC1. The van der Waals surface area contributed by atoms with Crippen LogP contribution in [0.5, 0.6) is 0 Å². The van der Waals surface area contributed by atoms with Gasteiger partial charge < -0.3 is 10.1 Å². The average Bonchev–Trinajstić information content (AvgIpc) is 2.77. The van der Waals surface area contributed by atoms with Gasteiger partial charge in [0.15, 0.2) is 5.82 Å². The van der Waals surface area contributed by atoms with Gasteiger partial charge in [-0.2, -0.15) is 4.31 Å². The summed E-state index contributed by atoms with van der Waals surface area (Å²) in [7, 11) is -3.61. The molecule has 4 rings (SSSR count). The Morgan fingerprint density at radius 3 is 2.40 bits per heavy atom. The van der Waals surface area contributed by atoms with E-state index in [2.05, 4.69) is 15.5 Å². The molecule has 0 bridgehead atoms. The number of morpholine rings is 1. The summed E-state index contributed by atoms with van der Waals surface area (Å²) < 4.78 is 45.9. The molecule has 0 aliphatic carbocycles. The van der Waals surface area contributed by atoms with Crippen LogP contribution in [-0.2, 0) is 14.8 Å². The van der Waals surface area contributed by atoms with E-state index in [4.69, 9.17) is 4.74 Å². The lowest BCUT2D eigenvalue weighted by Gasteiger charge is -2.26. The van der Waals surface area contributed by atoms with E-state index in [1.807, 2.05) is 6.07 Å². The van der Waals surface area contributed by atoms with Crippen molar-refractivity contribution in [3.63, 3.8) is 0 Å². The van der Waals surface area contributed by atoms with Crippen molar-refractivity contribution >= 4 is 21.5 Å². The third-order valence-corrected chi connectivity index (χ3v) is 6.89.